The molecule has 2 aliphatic rings. The van der Waals surface area contributed by atoms with Crippen LogP contribution in [0.2, 0.25) is 0 Å². The van der Waals surface area contributed by atoms with Gasteiger partial charge in [0, 0.05) is 25.2 Å². The Hall–Kier alpha value is -3.49. The lowest BCUT2D eigenvalue weighted by atomic mass is 9.92. The minimum Gasteiger partial charge on any atom is -0.352 e. The zero-order chi connectivity index (χ0) is 27.6. The van der Waals surface area contributed by atoms with Crippen LogP contribution >= 0.6 is 0 Å². The molecule has 5 rings (SSSR count). The van der Waals surface area contributed by atoms with E-state index in [1.165, 1.54) is 41.7 Å². The summed E-state index contributed by atoms with van der Waals surface area (Å²) < 4.78 is 27.3. The van der Waals surface area contributed by atoms with Gasteiger partial charge in [0.05, 0.1) is 27.6 Å². The predicted octanol–water partition coefficient (Wildman–Crippen LogP) is 4.78. The monoisotopic (exact) mass is 545 g/mol. The molecule has 204 valence electrons. The quantitative estimate of drug-likeness (QED) is 0.432. The second-order valence-electron chi connectivity index (χ2n) is 10.9. The molecule has 7 nitrogen and oxygen atoms in total. The highest BCUT2D eigenvalue weighted by atomic mass is 32.2. The number of hydrogen-bond donors (Lipinski definition) is 1. The van der Waals surface area contributed by atoms with Crippen LogP contribution in [0.4, 0.5) is 5.69 Å². The summed E-state index contributed by atoms with van der Waals surface area (Å²) >= 11 is 0. The van der Waals surface area contributed by atoms with Crippen LogP contribution in [0.25, 0.3) is 0 Å². The third-order valence-electron chi connectivity index (χ3n) is 7.52. The van der Waals surface area contributed by atoms with Gasteiger partial charge in [0.1, 0.15) is 0 Å². The first-order valence-corrected chi connectivity index (χ1v) is 15.1. The lowest BCUT2D eigenvalue weighted by Gasteiger charge is -2.34. The molecule has 8 heteroatoms. The molecule has 0 bridgehead atoms. The van der Waals surface area contributed by atoms with Crippen molar-refractivity contribution in [2.75, 3.05) is 31.1 Å². The number of amides is 2. The number of anilines is 1. The Labute approximate surface area is 230 Å². The molecule has 0 radical (unpaired) electrons. The van der Waals surface area contributed by atoms with Gasteiger partial charge in [-0.3, -0.25) is 9.59 Å². The van der Waals surface area contributed by atoms with Crippen molar-refractivity contribution in [2.45, 2.75) is 43.0 Å². The van der Waals surface area contributed by atoms with Crippen LogP contribution in [0, 0.1) is 11.8 Å². The molecule has 3 aromatic carbocycles. The van der Waals surface area contributed by atoms with Crippen molar-refractivity contribution in [3.63, 3.8) is 0 Å². The Morgan fingerprint density at radius 1 is 0.923 bits per heavy atom. The van der Waals surface area contributed by atoms with E-state index in [1.54, 1.807) is 12.1 Å². The number of benzene rings is 3. The van der Waals surface area contributed by atoms with Crippen molar-refractivity contribution < 1.29 is 18.0 Å². The summed E-state index contributed by atoms with van der Waals surface area (Å²) in [7, 11) is -3.98. The van der Waals surface area contributed by atoms with Gasteiger partial charge in [-0.15, -0.1) is 0 Å². The van der Waals surface area contributed by atoms with Crippen molar-refractivity contribution in [3.8, 4) is 0 Å². The van der Waals surface area contributed by atoms with E-state index in [4.69, 9.17) is 0 Å². The summed E-state index contributed by atoms with van der Waals surface area (Å²) in [4.78, 5) is 30.8. The van der Waals surface area contributed by atoms with Crippen molar-refractivity contribution in [3.05, 3.63) is 89.5 Å². The number of nitrogens with zero attached hydrogens (tertiary/aromatic N) is 2. The van der Waals surface area contributed by atoms with Crippen molar-refractivity contribution in [2.24, 2.45) is 11.8 Å². The Kier molecular flexibility index (Phi) is 7.86. The first kappa shape index (κ1) is 27.1. The van der Waals surface area contributed by atoms with E-state index in [0.717, 1.165) is 31.6 Å². The molecule has 0 saturated carbocycles. The summed E-state index contributed by atoms with van der Waals surface area (Å²) in [6.07, 6.45) is 2.09. The second-order valence-corrected chi connectivity index (χ2v) is 12.8. The fourth-order valence-corrected chi connectivity index (χ4v) is 7.48. The van der Waals surface area contributed by atoms with Crippen LogP contribution in [0.15, 0.2) is 82.6 Å². The number of hydrogen-bond acceptors (Lipinski definition) is 5. The number of fused-ring (bicyclic) bond motifs is 2. The second kappa shape index (κ2) is 11.3. The summed E-state index contributed by atoms with van der Waals surface area (Å²) in [6, 6.07) is 20.2. The summed E-state index contributed by atoms with van der Waals surface area (Å²) in [5, 5.41) is 2.98. The molecule has 2 heterocycles. The zero-order valence-electron chi connectivity index (χ0n) is 22.5. The first-order chi connectivity index (χ1) is 18.7. The Balaban J connectivity index is 1.39. The fourth-order valence-electron chi connectivity index (χ4n) is 5.85. The lowest BCUT2D eigenvalue weighted by Crippen LogP contribution is -2.40. The third kappa shape index (κ3) is 5.77. The molecule has 39 heavy (non-hydrogen) atoms. The maximum Gasteiger partial charge on any atom is 0.259 e. The number of carbonyl (C=O) groups is 2. The van der Waals surface area contributed by atoms with Crippen molar-refractivity contribution in [1.29, 1.82) is 0 Å². The van der Waals surface area contributed by atoms with E-state index in [9.17, 15) is 18.0 Å². The maximum absolute atomic E-state index is 13.7. The van der Waals surface area contributed by atoms with Crippen LogP contribution < -0.4 is 10.2 Å². The third-order valence-corrected chi connectivity index (χ3v) is 9.38. The number of nitrogens with one attached hydrogen (secondary N) is 1. The van der Waals surface area contributed by atoms with Crippen LogP contribution in [0.5, 0.6) is 0 Å². The van der Waals surface area contributed by atoms with Gasteiger partial charge < -0.3 is 15.1 Å². The molecular weight excluding hydrogens is 510 g/mol. The molecule has 1 N–H and O–H groups in total. The Morgan fingerprint density at radius 2 is 1.62 bits per heavy atom. The average molecular weight is 546 g/mol. The lowest BCUT2D eigenvalue weighted by molar-refractivity contribution is 0.0944. The topological polar surface area (TPSA) is 86.8 Å². The molecule has 0 aliphatic carbocycles. The van der Waals surface area contributed by atoms with Crippen molar-refractivity contribution in [1.82, 2.24) is 10.2 Å². The predicted molar refractivity (Wildman–Crippen MR) is 152 cm³/mol. The van der Waals surface area contributed by atoms with Gasteiger partial charge in [-0.25, -0.2) is 8.42 Å². The van der Waals surface area contributed by atoms with E-state index >= 15 is 0 Å². The molecule has 0 aromatic heterocycles. The maximum atomic E-state index is 13.7. The fraction of sp³-hybridized carbons (Fsp3) is 0.355. The number of piperidine rings is 1. The van der Waals surface area contributed by atoms with E-state index in [0.29, 0.717) is 23.9 Å². The van der Waals surface area contributed by atoms with E-state index in [-0.39, 0.29) is 33.5 Å². The number of rotatable bonds is 7. The van der Waals surface area contributed by atoms with Crippen LogP contribution in [-0.2, 0) is 16.4 Å². The van der Waals surface area contributed by atoms with Gasteiger partial charge in [-0.1, -0.05) is 56.3 Å². The smallest absolute Gasteiger partial charge is 0.259 e. The molecule has 2 aliphatic heterocycles. The molecule has 1 fully saturated rings. The minimum atomic E-state index is -3.98. The van der Waals surface area contributed by atoms with Gasteiger partial charge in [-0.2, -0.15) is 0 Å². The van der Waals surface area contributed by atoms with E-state index in [1.807, 2.05) is 30.3 Å². The number of carbonyl (C=O) groups excluding carboxylic acids is 2. The van der Waals surface area contributed by atoms with Gasteiger partial charge in [0.15, 0.2) is 0 Å². The summed E-state index contributed by atoms with van der Waals surface area (Å²) in [5.41, 5.74) is 1.51. The Bertz CT molecular complexity index is 1460. The molecule has 2 atom stereocenters. The highest BCUT2D eigenvalue weighted by molar-refractivity contribution is 7.91. The van der Waals surface area contributed by atoms with Crippen LogP contribution in [0.1, 0.15) is 53.0 Å². The SMILES string of the molecule is C[C@@H]1C[C@H](C)CN(CCCNC(=O)c2ccc3c(c2)N(Cc2ccccc2)C(=O)c2ccccc2S3(=O)=O)C1. The van der Waals surface area contributed by atoms with E-state index in [2.05, 4.69) is 24.1 Å². The average Bonchev–Trinajstić information content (AvgIpc) is 2.99. The first-order valence-electron chi connectivity index (χ1n) is 13.6. The molecule has 0 spiro atoms. The normalized spacial score (nSPS) is 20.6. The standard InChI is InChI=1S/C31H35N3O4S/c1-22-17-23(2)20-33(19-22)16-8-15-32-30(35)25-13-14-29-27(18-25)34(21-24-9-4-3-5-10-24)31(36)26-11-6-7-12-28(26)39(29,37)38/h3-7,9-14,18,22-23H,8,15-17,19-21H2,1-2H3,(H,32,35)/t22-,23+. The largest absolute Gasteiger partial charge is 0.352 e. The summed E-state index contributed by atoms with van der Waals surface area (Å²) in [5.74, 6) is 0.669. The molecule has 3 aromatic rings. The van der Waals surface area contributed by atoms with Gasteiger partial charge in [0.2, 0.25) is 9.84 Å². The Morgan fingerprint density at radius 3 is 2.36 bits per heavy atom. The van der Waals surface area contributed by atoms with Gasteiger partial charge in [-0.05, 0) is 67.1 Å². The molecule has 0 unspecified atom stereocenters. The van der Waals surface area contributed by atoms with Crippen LogP contribution in [0.3, 0.4) is 0 Å². The van der Waals surface area contributed by atoms with Gasteiger partial charge >= 0.3 is 0 Å². The van der Waals surface area contributed by atoms with Crippen LogP contribution in [-0.4, -0.2) is 51.3 Å². The van der Waals surface area contributed by atoms with Crippen molar-refractivity contribution >= 4 is 27.3 Å². The van der Waals surface area contributed by atoms with Gasteiger partial charge in [0.25, 0.3) is 11.8 Å². The molecule has 1 saturated heterocycles. The minimum absolute atomic E-state index is 0.0154. The van der Waals surface area contributed by atoms with E-state index < -0.39 is 15.7 Å². The highest BCUT2D eigenvalue weighted by Crippen LogP contribution is 2.38. The zero-order valence-corrected chi connectivity index (χ0v) is 23.3. The molecule has 2 amide bonds. The highest BCUT2D eigenvalue weighted by Gasteiger charge is 2.36. The number of likely N-dealkylation sites (tertiary alicyclic amines) is 1. The summed E-state index contributed by atoms with van der Waals surface area (Å²) in [6.45, 7) is 8.37. The molecular formula is C31H35N3O4S. The number of sulfone groups is 1.